The minimum Gasteiger partial charge on any atom is -0.352 e. The number of nitrogens with one attached hydrogen (secondary N) is 1. The van der Waals surface area contributed by atoms with Gasteiger partial charge in [0.25, 0.3) is 5.56 Å². The second-order valence-corrected chi connectivity index (χ2v) is 7.11. The summed E-state index contributed by atoms with van der Waals surface area (Å²) in [5.74, 6) is -0.252. The summed E-state index contributed by atoms with van der Waals surface area (Å²) < 4.78 is 3.08. The van der Waals surface area contributed by atoms with Gasteiger partial charge in [-0.3, -0.25) is 14.3 Å². The van der Waals surface area contributed by atoms with Crippen molar-refractivity contribution in [2.24, 2.45) is 5.73 Å². The van der Waals surface area contributed by atoms with Crippen molar-refractivity contribution in [1.82, 2.24) is 24.9 Å². The van der Waals surface area contributed by atoms with Crippen molar-refractivity contribution in [3.63, 3.8) is 0 Å². The van der Waals surface area contributed by atoms with Gasteiger partial charge in [-0.1, -0.05) is 17.7 Å². The second-order valence-electron chi connectivity index (χ2n) is 6.67. The highest BCUT2D eigenvalue weighted by Gasteiger charge is 2.14. The molecule has 1 amide bonds. The maximum atomic E-state index is 12.8. The lowest BCUT2D eigenvalue weighted by molar-refractivity contribution is -0.120. The predicted octanol–water partition coefficient (Wildman–Crippen LogP) is 1.42. The number of amides is 1. The first-order valence-electron chi connectivity index (χ1n) is 9.25. The van der Waals surface area contributed by atoms with Crippen LogP contribution in [0.4, 0.5) is 0 Å². The fraction of sp³-hybridized carbons (Fsp3) is 0.300. The number of rotatable bonds is 8. The third kappa shape index (κ3) is 5.30. The van der Waals surface area contributed by atoms with Gasteiger partial charge in [0.1, 0.15) is 0 Å². The molecule has 0 saturated heterocycles. The molecule has 0 unspecified atom stereocenters. The lowest BCUT2D eigenvalue weighted by Crippen LogP contribution is -2.33. The van der Waals surface area contributed by atoms with Crippen LogP contribution in [0.5, 0.6) is 0 Å². The molecule has 152 valence electrons. The number of hydrogen-bond acceptors (Lipinski definition) is 5. The number of aryl methyl sites for hydroxylation is 3. The SMILES string of the molecule is Cc1cnn(CCn2cccn2)c(=O)c1CC(=O)NCc1cc(Cl)ccc1CN. The van der Waals surface area contributed by atoms with Crippen molar-refractivity contribution in [2.45, 2.75) is 39.5 Å². The molecule has 29 heavy (non-hydrogen) atoms. The Kier molecular flexibility index (Phi) is 6.79. The van der Waals surface area contributed by atoms with Crippen LogP contribution in [0.3, 0.4) is 0 Å². The maximum Gasteiger partial charge on any atom is 0.270 e. The highest BCUT2D eigenvalue weighted by Crippen LogP contribution is 2.15. The Bertz CT molecular complexity index is 1050. The first-order chi connectivity index (χ1) is 14.0. The number of nitrogens with two attached hydrogens (primary N) is 1. The van der Waals surface area contributed by atoms with Crippen LogP contribution in [0.25, 0.3) is 0 Å². The van der Waals surface area contributed by atoms with E-state index >= 15 is 0 Å². The molecule has 3 rings (SSSR count). The van der Waals surface area contributed by atoms with Crippen LogP contribution < -0.4 is 16.6 Å². The van der Waals surface area contributed by atoms with Crippen molar-refractivity contribution in [2.75, 3.05) is 0 Å². The maximum absolute atomic E-state index is 12.8. The molecule has 0 aliphatic rings. The Morgan fingerprint density at radius 2 is 2.07 bits per heavy atom. The summed E-state index contributed by atoms with van der Waals surface area (Å²) in [5, 5.41) is 11.7. The minimum atomic E-state index is -0.266. The highest BCUT2D eigenvalue weighted by molar-refractivity contribution is 6.30. The Hall–Kier alpha value is -2.97. The van der Waals surface area contributed by atoms with Gasteiger partial charge < -0.3 is 11.1 Å². The Morgan fingerprint density at radius 3 is 2.79 bits per heavy atom. The van der Waals surface area contributed by atoms with E-state index in [9.17, 15) is 9.59 Å². The number of benzene rings is 1. The molecule has 0 atom stereocenters. The number of carbonyl (C=O) groups is 1. The molecule has 0 aliphatic heterocycles. The minimum absolute atomic E-state index is 0.0204. The van der Waals surface area contributed by atoms with E-state index in [1.54, 1.807) is 36.1 Å². The van der Waals surface area contributed by atoms with Crippen LogP contribution >= 0.6 is 11.6 Å². The molecule has 3 N–H and O–H groups in total. The smallest absolute Gasteiger partial charge is 0.270 e. The molecule has 0 saturated carbocycles. The van der Waals surface area contributed by atoms with Crippen molar-refractivity contribution >= 4 is 17.5 Å². The summed E-state index contributed by atoms with van der Waals surface area (Å²) >= 11 is 6.03. The number of carbonyl (C=O) groups excluding carboxylic acids is 1. The highest BCUT2D eigenvalue weighted by atomic mass is 35.5. The van der Waals surface area contributed by atoms with Gasteiger partial charge in [-0.2, -0.15) is 10.2 Å². The van der Waals surface area contributed by atoms with Gasteiger partial charge in [0.05, 0.1) is 25.7 Å². The molecule has 0 bridgehead atoms. The van der Waals surface area contributed by atoms with Crippen molar-refractivity contribution in [3.8, 4) is 0 Å². The third-order valence-electron chi connectivity index (χ3n) is 4.66. The number of nitrogens with zero attached hydrogens (tertiary/aromatic N) is 4. The normalized spacial score (nSPS) is 10.9. The number of hydrogen-bond donors (Lipinski definition) is 2. The van der Waals surface area contributed by atoms with Gasteiger partial charge in [0.15, 0.2) is 0 Å². The van der Waals surface area contributed by atoms with Crippen LogP contribution in [0.2, 0.25) is 5.02 Å². The molecule has 9 heteroatoms. The lowest BCUT2D eigenvalue weighted by Gasteiger charge is -2.12. The van der Waals surface area contributed by atoms with Gasteiger partial charge in [-0.25, -0.2) is 4.68 Å². The van der Waals surface area contributed by atoms with E-state index in [2.05, 4.69) is 15.5 Å². The van der Waals surface area contributed by atoms with Gasteiger partial charge in [0, 0.05) is 36.1 Å². The molecule has 0 radical (unpaired) electrons. The first-order valence-corrected chi connectivity index (χ1v) is 9.63. The Labute approximate surface area is 173 Å². The predicted molar refractivity (Wildman–Crippen MR) is 110 cm³/mol. The summed E-state index contributed by atoms with van der Waals surface area (Å²) in [6.07, 6.45) is 5.08. The summed E-state index contributed by atoms with van der Waals surface area (Å²) in [6.45, 7) is 3.32. The third-order valence-corrected chi connectivity index (χ3v) is 4.90. The summed E-state index contributed by atoms with van der Waals surface area (Å²) in [4.78, 5) is 25.2. The Morgan fingerprint density at radius 1 is 1.24 bits per heavy atom. The zero-order chi connectivity index (χ0) is 20.8. The summed E-state index contributed by atoms with van der Waals surface area (Å²) in [6, 6.07) is 7.21. The molecule has 0 aliphatic carbocycles. The number of aromatic nitrogens is 4. The van der Waals surface area contributed by atoms with E-state index in [0.29, 0.717) is 42.3 Å². The monoisotopic (exact) mass is 414 g/mol. The van der Waals surface area contributed by atoms with Crippen molar-refractivity contribution < 1.29 is 4.79 Å². The van der Waals surface area contributed by atoms with Gasteiger partial charge >= 0.3 is 0 Å². The molecule has 8 nitrogen and oxygen atoms in total. The topological polar surface area (TPSA) is 108 Å². The van der Waals surface area contributed by atoms with Crippen LogP contribution in [0.1, 0.15) is 22.3 Å². The largest absolute Gasteiger partial charge is 0.352 e. The summed E-state index contributed by atoms with van der Waals surface area (Å²) in [5.41, 5.74) is 8.36. The molecule has 0 spiro atoms. The van der Waals surface area contributed by atoms with E-state index < -0.39 is 0 Å². The van der Waals surface area contributed by atoms with E-state index in [1.165, 1.54) is 4.68 Å². The van der Waals surface area contributed by atoms with Crippen LogP contribution in [0, 0.1) is 6.92 Å². The lowest BCUT2D eigenvalue weighted by atomic mass is 10.1. The molecule has 1 aromatic carbocycles. The van der Waals surface area contributed by atoms with Gasteiger partial charge in [-0.15, -0.1) is 0 Å². The standard InChI is InChI=1S/C20H23ClN6O2/c1-14-12-25-27(8-7-26-6-2-5-24-26)20(29)18(14)10-19(28)23-13-16-9-17(21)4-3-15(16)11-22/h2-6,9,12H,7-8,10-11,13,22H2,1H3,(H,23,28). The van der Waals surface area contributed by atoms with Crippen LogP contribution in [0.15, 0.2) is 47.7 Å². The van der Waals surface area contributed by atoms with Gasteiger partial charge in [-0.05, 0) is 41.8 Å². The van der Waals surface area contributed by atoms with E-state index in [4.69, 9.17) is 17.3 Å². The molecule has 2 aromatic heterocycles. The summed E-state index contributed by atoms with van der Waals surface area (Å²) in [7, 11) is 0. The molecular formula is C20H23ClN6O2. The average Bonchev–Trinajstić information content (AvgIpc) is 3.22. The zero-order valence-corrected chi connectivity index (χ0v) is 16.9. The van der Waals surface area contributed by atoms with Crippen molar-refractivity contribution in [1.29, 1.82) is 0 Å². The molecular weight excluding hydrogens is 392 g/mol. The number of halogens is 1. The molecule has 2 heterocycles. The fourth-order valence-corrected chi connectivity index (χ4v) is 3.19. The van der Waals surface area contributed by atoms with E-state index in [-0.39, 0.29) is 17.9 Å². The fourth-order valence-electron chi connectivity index (χ4n) is 2.99. The second kappa shape index (κ2) is 9.49. The first kappa shape index (κ1) is 20.8. The van der Waals surface area contributed by atoms with E-state index in [1.807, 2.05) is 18.3 Å². The average molecular weight is 415 g/mol. The van der Waals surface area contributed by atoms with E-state index in [0.717, 1.165) is 11.1 Å². The quantitative estimate of drug-likeness (QED) is 0.579. The van der Waals surface area contributed by atoms with Crippen LogP contribution in [-0.2, 0) is 37.4 Å². The molecule has 3 aromatic rings. The zero-order valence-electron chi connectivity index (χ0n) is 16.1. The van der Waals surface area contributed by atoms with Crippen LogP contribution in [-0.4, -0.2) is 25.5 Å². The Balaban J connectivity index is 1.67. The van der Waals surface area contributed by atoms with Gasteiger partial charge in [0.2, 0.25) is 5.91 Å². The molecule has 0 fully saturated rings. The van der Waals surface area contributed by atoms with Crippen molar-refractivity contribution in [3.05, 3.63) is 80.5 Å².